The van der Waals surface area contributed by atoms with Gasteiger partial charge in [-0.3, -0.25) is 0 Å². The van der Waals surface area contributed by atoms with E-state index in [1.54, 1.807) is 0 Å². The Balaban J connectivity index is 2.05. The van der Waals surface area contributed by atoms with Crippen LogP contribution in [0.3, 0.4) is 0 Å². The summed E-state index contributed by atoms with van der Waals surface area (Å²) >= 11 is 0. The number of rotatable bonds is 8. The van der Waals surface area contributed by atoms with Crippen molar-refractivity contribution in [2.45, 2.75) is 109 Å². The Hall–Kier alpha value is -0.383. The summed E-state index contributed by atoms with van der Waals surface area (Å²) in [6.45, 7) is 15.7. The van der Waals surface area contributed by atoms with Crippen molar-refractivity contribution in [3.05, 3.63) is 24.3 Å². The average molecular weight is 379 g/mol. The molecule has 2 nitrogen and oxygen atoms in total. The fourth-order valence-corrected chi connectivity index (χ4v) is 5.79. The lowest BCUT2D eigenvalue weighted by Crippen LogP contribution is -2.46. The van der Waals surface area contributed by atoms with Crippen LogP contribution in [0.5, 0.6) is 0 Å². The van der Waals surface area contributed by atoms with Crippen LogP contribution in [0.15, 0.2) is 24.3 Å². The lowest BCUT2D eigenvalue weighted by atomic mass is 9.82. The molecule has 0 bridgehead atoms. The molecule has 1 fully saturated rings. The summed E-state index contributed by atoms with van der Waals surface area (Å²) in [7, 11) is -1.76. The third-order valence-electron chi connectivity index (χ3n) is 7.13. The van der Waals surface area contributed by atoms with Crippen LogP contribution in [-0.4, -0.2) is 25.6 Å². The zero-order chi connectivity index (χ0) is 19.4. The second kappa shape index (κ2) is 9.21. The normalized spacial score (nSPS) is 26.6. The Labute approximate surface area is 163 Å². The maximum atomic E-state index is 10.3. The van der Waals surface area contributed by atoms with E-state index in [0.29, 0.717) is 6.10 Å². The van der Waals surface area contributed by atoms with Crippen LogP contribution in [0.25, 0.3) is 0 Å². The summed E-state index contributed by atoms with van der Waals surface area (Å²) in [5, 5.41) is 10.5. The van der Waals surface area contributed by atoms with E-state index in [2.05, 4.69) is 46.5 Å². The van der Waals surface area contributed by atoms with Crippen molar-refractivity contribution < 1.29 is 9.53 Å². The second-order valence-electron chi connectivity index (χ2n) is 10.1. The molecular formula is C23H42O2Si. The highest BCUT2D eigenvalue weighted by atomic mass is 28.4. The predicted octanol–water partition coefficient (Wildman–Crippen LogP) is 6.62. The lowest BCUT2D eigenvalue weighted by molar-refractivity contribution is 0.0843. The lowest BCUT2D eigenvalue weighted by Gasteiger charge is -2.42. The van der Waals surface area contributed by atoms with Gasteiger partial charge in [0.05, 0.1) is 6.10 Å². The van der Waals surface area contributed by atoms with Gasteiger partial charge in [-0.05, 0) is 62.6 Å². The molecule has 26 heavy (non-hydrogen) atoms. The van der Waals surface area contributed by atoms with Gasteiger partial charge in [0.15, 0.2) is 8.32 Å². The number of hydrogen-bond acceptors (Lipinski definition) is 2. The molecule has 0 amide bonds. The van der Waals surface area contributed by atoms with Crippen LogP contribution < -0.4 is 0 Å². The van der Waals surface area contributed by atoms with Gasteiger partial charge in [-0.2, -0.15) is 0 Å². The van der Waals surface area contributed by atoms with E-state index < -0.39 is 8.32 Å². The quantitative estimate of drug-likeness (QED) is 0.380. The van der Waals surface area contributed by atoms with E-state index in [-0.39, 0.29) is 17.1 Å². The minimum Gasteiger partial charge on any atom is -0.414 e. The molecule has 0 unspecified atom stereocenters. The number of aliphatic hydroxyl groups is 1. The number of aliphatic hydroxyl groups excluding tert-OH is 1. The molecule has 0 radical (unpaired) electrons. The Bertz CT molecular complexity index is 483. The zero-order valence-electron chi connectivity index (χ0n) is 17.9. The Morgan fingerprint density at radius 1 is 1.27 bits per heavy atom. The first-order valence-corrected chi connectivity index (χ1v) is 13.7. The van der Waals surface area contributed by atoms with Gasteiger partial charge in [0.25, 0.3) is 0 Å². The van der Waals surface area contributed by atoms with Gasteiger partial charge in [-0.15, -0.1) is 6.58 Å². The van der Waals surface area contributed by atoms with E-state index in [1.165, 1.54) is 37.7 Å². The van der Waals surface area contributed by atoms with E-state index >= 15 is 0 Å². The molecule has 0 aliphatic heterocycles. The molecule has 0 aromatic heterocycles. The van der Waals surface area contributed by atoms with Gasteiger partial charge in [-0.25, -0.2) is 0 Å². The van der Waals surface area contributed by atoms with Crippen molar-refractivity contribution in [2.24, 2.45) is 11.8 Å². The van der Waals surface area contributed by atoms with Crippen molar-refractivity contribution in [3.63, 3.8) is 0 Å². The largest absolute Gasteiger partial charge is 0.414 e. The Kier molecular flexibility index (Phi) is 7.76. The van der Waals surface area contributed by atoms with Gasteiger partial charge in [-0.1, -0.05) is 57.8 Å². The first kappa shape index (κ1) is 21.9. The fourth-order valence-electron chi connectivity index (χ4n) is 4.37. The Morgan fingerprint density at radius 3 is 2.50 bits per heavy atom. The standard InChI is InChI=1S/C23H42O2Si/c1-7-11-20-18(14-16-21(20)24)15-17-22(19-12-9-8-10-13-19)25-26(5,6)23(2,3)4/h7,14,19-22,24H,1,8-13,15-17H2,2-6H3/t20-,21+,22+/m1/s1. The maximum absolute atomic E-state index is 10.3. The molecule has 2 aliphatic rings. The van der Waals surface area contributed by atoms with Crippen LogP contribution in [0.2, 0.25) is 18.1 Å². The average Bonchev–Trinajstić information content (AvgIpc) is 2.92. The van der Waals surface area contributed by atoms with E-state index in [1.807, 2.05) is 6.08 Å². The van der Waals surface area contributed by atoms with Crippen molar-refractivity contribution in [3.8, 4) is 0 Å². The summed E-state index contributed by atoms with van der Waals surface area (Å²) in [6.07, 6.45) is 15.1. The minimum atomic E-state index is -1.76. The molecule has 2 rings (SSSR count). The third-order valence-corrected chi connectivity index (χ3v) is 11.6. The highest BCUT2D eigenvalue weighted by Crippen LogP contribution is 2.41. The SMILES string of the molecule is C=CC[C@@H]1C(CC[C@H](O[Si](C)(C)C(C)(C)C)C2CCCCC2)=CC[C@@H]1O. The molecule has 2 aliphatic carbocycles. The number of allylic oxidation sites excluding steroid dienone is 1. The van der Waals surface area contributed by atoms with Gasteiger partial charge in [0.2, 0.25) is 0 Å². The maximum Gasteiger partial charge on any atom is 0.192 e. The zero-order valence-corrected chi connectivity index (χ0v) is 18.9. The molecule has 0 saturated heterocycles. The monoisotopic (exact) mass is 378 g/mol. The fraction of sp³-hybridized carbons (Fsp3) is 0.826. The molecule has 0 aromatic carbocycles. The van der Waals surface area contributed by atoms with Gasteiger partial charge < -0.3 is 9.53 Å². The van der Waals surface area contributed by atoms with Gasteiger partial charge in [0, 0.05) is 12.0 Å². The molecule has 150 valence electrons. The van der Waals surface area contributed by atoms with Crippen LogP contribution in [0.4, 0.5) is 0 Å². The topological polar surface area (TPSA) is 29.5 Å². The minimum absolute atomic E-state index is 0.211. The molecule has 0 aromatic rings. The molecule has 0 heterocycles. The molecule has 3 heteroatoms. The van der Waals surface area contributed by atoms with E-state index in [9.17, 15) is 5.11 Å². The van der Waals surface area contributed by atoms with Crippen LogP contribution >= 0.6 is 0 Å². The van der Waals surface area contributed by atoms with E-state index in [4.69, 9.17) is 4.43 Å². The van der Waals surface area contributed by atoms with Crippen LogP contribution in [-0.2, 0) is 4.43 Å². The number of hydrogen-bond donors (Lipinski definition) is 1. The summed E-state index contributed by atoms with van der Waals surface area (Å²) < 4.78 is 6.95. The molecule has 1 N–H and O–H groups in total. The van der Waals surface area contributed by atoms with Crippen molar-refractivity contribution in [1.29, 1.82) is 0 Å². The Morgan fingerprint density at radius 2 is 1.92 bits per heavy atom. The van der Waals surface area contributed by atoms with Crippen molar-refractivity contribution >= 4 is 8.32 Å². The van der Waals surface area contributed by atoms with E-state index in [0.717, 1.165) is 31.6 Å². The molecular weight excluding hydrogens is 336 g/mol. The third kappa shape index (κ3) is 5.56. The van der Waals surface area contributed by atoms with Crippen LogP contribution in [0, 0.1) is 11.8 Å². The first-order valence-electron chi connectivity index (χ1n) is 10.8. The molecule has 1 saturated carbocycles. The highest BCUT2D eigenvalue weighted by Gasteiger charge is 2.41. The first-order chi connectivity index (χ1) is 12.2. The second-order valence-corrected chi connectivity index (χ2v) is 14.8. The van der Waals surface area contributed by atoms with Crippen LogP contribution in [0.1, 0.15) is 78.6 Å². The smallest absolute Gasteiger partial charge is 0.192 e. The van der Waals surface area contributed by atoms with Crippen molar-refractivity contribution in [2.75, 3.05) is 0 Å². The van der Waals surface area contributed by atoms with Gasteiger partial charge in [0.1, 0.15) is 0 Å². The summed E-state index contributed by atoms with van der Waals surface area (Å²) in [5.41, 5.74) is 1.44. The highest BCUT2D eigenvalue weighted by molar-refractivity contribution is 6.74. The van der Waals surface area contributed by atoms with Crippen molar-refractivity contribution in [1.82, 2.24) is 0 Å². The summed E-state index contributed by atoms with van der Waals surface area (Å²) in [6, 6.07) is 0. The van der Waals surface area contributed by atoms with Gasteiger partial charge >= 0.3 is 0 Å². The molecule has 0 spiro atoms. The summed E-state index contributed by atoms with van der Waals surface area (Å²) in [5.74, 6) is 1.01. The molecule has 3 atom stereocenters. The summed E-state index contributed by atoms with van der Waals surface area (Å²) in [4.78, 5) is 0. The predicted molar refractivity (Wildman–Crippen MR) is 115 cm³/mol.